The van der Waals surface area contributed by atoms with Gasteiger partial charge in [0.15, 0.2) is 5.82 Å². The molecular formula is C27H25N5O6. The number of carbonyl (C=O) groups is 2. The summed E-state index contributed by atoms with van der Waals surface area (Å²) in [6, 6.07) is 14.8. The van der Waals surface area contributed by atoms with Crippen LogP contribution in [0.4, 0.5) is 17.2 Å². The molecule has 0 amide bonds. The third-order valence-corrected chi connectivity index (χ3v) is 5.71. The average Bonchev–Trinajstić information content (AvgIpc) is 3.29. The lowest BCUT2D eigenvalue weighted by molar-refractivity contribution is -0.384. The summed E-state index contributed by atoms with van der Waals surface area (Å²) in [5.41, 5.74) is 1.03. The number of unbranched alkanes of at least 4 members (excludes halogenated alkanes) is 3. The number of nitriles is 1. The van der Waals surface area contributed by atoms with Crippen molar-refractivity contribution in [3.05, 3.63) is 87.1 Å². The second-order valence-electron chi connectivity index (χ2n) is 8.38. The molecule has 0 aliphatic carbocycles. The molecule has 1 aromatic heterocycles. The van der Waals surface area contributed by atoms with Gasteiger partial charge in [-0.15, -0.1) is 10.2 Å². The van der Waals surface area contributed by atoms with Gasteiger partial charge in [0.2, 0.25) is 0 Å². The first-order valence-corrected chi connectivity index (χ1v) is 11.8. The maximum Gasteiger partial charge on any atom is 0.335 e. The first kappa shape index (κ1) is 27.5. The number of carboxylic acid groups (broad SMARTS) is 2. The van der Waals surface area contributed by atoms with Crippen molar-refractivity contribution in [3.63, 3.8) is 0 Å². The van der Waals surface area contributed by atoms with Gasteiger partial charge in [0.05, 0.1) is 33.4 Å². The van der Waals surface area contributed by atoms with Crippen molar-refractivity contribution < 1.29 is 24.7 Å². The molecule has 38 heavy (non-hydrogen) atoms. The van der Waals surface area contributed by atoms with Crippen molar-refractivity contribution >= 4 is 40.8 Å². The summed E-state index contributed by atoms with van der Waals surface area (Å²) in [4.78, 5) is 33.2. The Morgan fingerprint density at radius 1 is 0.974 bits per heavy atom. The fourth-order valence-corrected chi connectivity index (χ4v) is 3.74. The molecule has 0 fully saturated rings. The van der Waals surface area contributed by atoms with Gasteiger partial charge in [-0.1, -0.05) is 26.2 Å². The highest BCUT2D eigenvalue weighted by Crippen LogP contribution is 2.27. The fraction of sp³-hybridized carbons (Fsp3) is 0.222. The van der Waals surface area contributed by atoms with Crippen LogP contribution < -0.4 is 0 Å². The molecule has 11 nitrogen and oxygen atoms in total. The summed E-state index contributed by atoms with van der Waals surface area (Å²) in [5.74, 6) is -2.13. The van der Waals surface area contributed by atoms with E-state index in [1.807, 2.05) is 4.57 Å². The van der Waals surface area contributed by atoms with Gasteiger partial charge in [-0.25, -0.2) is 9.59 Å². The van der Waals surface area contributed by atoms with Crippen molar-refractivity contribution in [2.45, 2.75) is 39.2 Å². The van der Waals surface area contributed by atoms with E-state index in [1.165, 1.54) is 36.4 Å². The van der Waals surface area contributed by atoms with Crippen molar-refractivity contribution in [3.8, 4) is 6.07 Å². The summed E-state index contributed by atoms with van der Waals surface area (Å²) in [5, 5.41) is 47.6. The molecular weight excluding hydrogens is 490 g/mol. The zero-order valence-electron chi connectivity index (χ0n) is 20.6. The lowest BCUT2D eigenvalue weighted by Crippen LogP contribution is -2.02. The molecule has 0 aliphatic rings. The van der Waals surface area contributed by atoms with E-state index < -0.39 is 16.9 Å². The number of azo groups is 1. The van der Waals surface area contributed by atoms with Crippen LogP contribution in [-0.2, 0) is 6.54 Å². The van der Waals surface area contributed by atoms with Gasteiger partial charge in [0.25, 0.3) is 5.69 Å². The van der Waals surface area contributed by atoms with E-state index in [9.17, 15) is 35.2 Å². The Balaban J connectivity index is 2.00. The molecule has 0 saturated carbocycles. The topological polar surface area (TPSA) is 171 Å². The highest BCUT2D eigenvalue weighted by Gasteiger charge is 2.13. The van der Waals surface area contributed by atoms with E-state index >= 15 is 0 Å². The monoisotopic (exact) mass is 515 g/mol. The SMILES string of the molecule is CCCCCCn1c(/C=C(\C#N)c2ccc([N+](=O)[O-])cc2)ccc1N=Nc1cc(C(=O)O)cc(C(=O)O)c1. The number of carboxylic acids is 2. The predicted molar refractivity (Wildman–Crippen MR) is 140 cm³/mol. The number of aromatic carboxylic acids is 2. The zero-order valence-corrected chi connectivity index (χ0v) is 20.6. The molecule has 2 aromatic carbocycles. The minimum atomic E-state index is -1.29. The van der Waals surface area contributed by atoms with E-state index in [1.54, 1.807) is 18.2 Å². The number of benzene rings is 2. The second kappa shape index (κ2) is 12.7. The van der Waals surface area contributed by atoms with Crippen LogP contribution in [0.1, 0.15) is 64.6 Å². The quantitative estimate of drug-likeness (QED) is 0.0872. The zero-order chi connectivity index (χ0) is 27.7. The van der Waals surface area contributed by atoms with E-state index in [0.29, 0.717) is 29.2 Å². The maximum absolute atomic E-state index is 11.4. The number of nitro benzene ring substituents is 1. The summed E-state index contributed by atoms with van der Waals surface area (Å²) in [6.45, 7) is 2.67. The van der Waals surface area contributed by atoms with E-state index in [0.717, 1.165) is 31.7 Å². The molecule has 0 radical (unpaired) electrons. The Kier molecular flexibility index (Phi) is 9.21. The number of rotatable bonds is 12. The summed E-state index contributed by atoms with van der Waals surface area (Å²) < 4.78 is 1.86. The number of hydrogen-bond donors (Lipinski definition) is 2. The molecule has 0 aliphatic heterocycles. The maximum atomic E-state index is 11.4. The second-order valence-corrected chi connectivity index (χ2v) is 8.38. The van der Waals surface area contributed by atoms with Gasteiger partial charge in [-0.3, -0.25) is 10.1 Å². The molecule has 0 bridgehead atoms. The van der Waals surface area contributed by atoms with Gasteiger partial charge >= 0.3 is 11.9 Å². The van der Waals surface area contributed by atoms with Crippen molar-refractivity contribution in [2.24, 2.45) is 10.2 Å². The van der Waals surface area contributed by atoms with E-state index in [-0.39, 0.29) is 22.5 Å². The number of hydrogen-bond acceptors (Lipinski definition) is 7. The number of allylic oxidation sites excluding steroid dienone is 1. The fourth-order valence-electron chi connectivity index (χ4n) is 3.74. The Hall–Kier alpha value is -5.11. The first-order valence-electron chi connectivity index (χ1n) is 11.8. The molecule has 3 rings (SSSR count). The Labute approximate surface area is 218 Å². The third-order valence-electron chi connectivity index (χ3n) is 5.71. The third kappa shape index (κ3) is 6.98. The van der Waals surface area contributed by atoms with Gasteiger partial charge in [-0.05, 0) is 60.5 Å². The van der Waals surface area contributed by atoms with Crippen molar-refractivity contribution in [1.29, 1.82) is 5.26 Å². The van der Waals surface area contributed by atoms with Gasteiger partial charge in [0.1, 0.15) is 0 Å². The lowest BCUT2D eigenvalue weighted by atomic mass is 10.1. The molecule has 0 spiro atoms. The number of aromatic nitrogens is 1. The normalized spacial score (nSPS) is 11.4. The standard InChI is InChI=1S/C27H25N5O6/c1-2-3-4-5-12-31-24(16-21(17-28)18-6-8-23(9-7-18)32(37)38)10-11-25(31)30-29-22-14-19(26(33)34)13-20(15-22)27(35)36/h6-11,13-16H,2-5,12H2,1H3,(H,33,34)(H,35,36)/b21-16+,30-29?. The van der Waals surface area contributed by atoms with E-state index in [4.69, 9.17) is 0 Å². The van der Waals surface area contributed by atoms with Crippen LogP contribution in [0.25, 0.3) is 11.6 Å². The minimum Gasteiger partial charge on any atom is -0.478 e. The van der Waals surface area contributed by atoms with Crippen LogP contribution in [0.2, 0.25) is 0 Å². The van der Waals surface area contributed by atoms with Crippen molar-refractivity contribution in [1.82, 2.24) is 4.57 Å². The highest BCUT2D eigenvalue weighted by atomic mass is 16.6. The number of nitrogens with zero attached hydrogens (tertiary/aromatic N) is 5. The molecule has 0 unspecified atom stereocenters. The molecule has 194 valence electrons. The van der Waals surface area contributed by atoms with Gasteiger partial charge < -0.3 is 14.8 Å². The summed E-state index contributed by atoms with van der Waals surface area (Å²) in [7, 11) is 0. The van der Waals surface area contributed by atoms with Crippen LogP contribution in [0.3, 0.4) is 0 Å². The lowest BCUT2D eigenvalue weighted by Gasteiger charge is -2.09. The molecule has 0 atom stereocenters. The molecule has 1 heterocycles. The number of non-ortho nitro benzene ring substituents is 1. The highest BCUT2D eigenvalue weighted by molar-refractivity contribution is 5.95. The predicted octanol–water partition coefficient (Wildman–Crippen LogP) is 6.85. The van der Waals surface area contributed by atoms with Gasteiger partial charge in [-0.2, -0.15) is 5.26 Å². The molecule has 2 N–H and O–H groups in total. The average molecular weight is 516 g/mol. The molecule has 0 saturated heterocycles. The van der Waals surface area contributed by atoms with E-state index in [2.05, 4.69) is 23.2 Å². The van der Waals surface area contributed by atoms with Crippen molar-refractivity contribution in [2.75, 3.05) is 0 Å². The Bertz CT molecular complexity index is 1420. The van der Waals surface area contributed by atoms with Gasteiger partial charge in [0, 0.05) is 24.4 Å². The minimum absolute atomic E-state index is 0.0710. The van der Waals surface area contributed by atoms with Crippen LogP contribution in [0.15, 0.2) is 64.8 Å². The smallest absolute Gasteiger partial charge is 0.335 e. The molecule has 3 aromatic rings. The Morgan fingerprint density at radius 2 is 1.63 bits per heavy atom. The summed E-state index contributed by atoms with van der Waals surface area (Å²) in [6.07, 6.45) is 5.58. The van der Waals surface area contributed by atoms with Crippen LogP contribution >= 0.6 is 0 Å². The van der Waals surface area contributed by atoms with Crippen LogP contribution in [0, 0.1) is 21.4 Å². The Morgan fingerprint density at radius 3 is 2.18 bits per heavy atom. The molecule has 11 heteroatoms. The summed E-state index contributed by atoms with van der Waals surface area (Å²) >= 11 is 0. The van der Waals surface area contributed by atoms with Crippen LogP contribution in [-0.4, -0.2) is 31.6 Å². The largest absolute Gasteiger partial charge is 0.478 e. The first-order chi connectivity index (χ1) is 18.2. The van der Waals surface area contributed by atoms with Crippen LogP contribution in [0.5, 0.6) is 0 Å². The number of nitro groups is 1.